The molecular formula is C9H14N4O5. The summed E-state index contributed by atoms with van der Waals surface area (Å²) < 4.78 is 0. The zero-order chi connectivity index (χ0) is 13.8. The highest BCUT2D eigenvalue weighted by Gasteiger charge is 2.28. The van der Waals surface area contributed by atoms with Crippen molar-refractivity contribution in [1.82, 2.24) is 4.98 Å². The second-order valence-corrected chi connectivity index (χ2v) is 3.74. The number of rotatable bonds is 6. The Morgan fingerprint density at radius 1 is 1.33 bits per heavy atom. The van der Waals surface area contributed by atoms with Crippen LogP contribution in [-0.2, 0) is 0 Å². The number of nitrogens with two attached hydrogens (primary N) is 1. The van der Waals surface area contributed by atoms with Crippen LogP contribution in [0.1, 0.15) is 0 Å². The predicted molar refractivity (Wildman–Crippen MR) is 62.9 cm³/mol. The van der Waals surface area contributed by atoms with E-state index in [1.165, 1.54) is 6.07 Å². The molecule has 1 aromatic rings. The molecule has 0 aliphatic heterocycles. The van der Waals surface area contributed by atoms with Gasteiger partial charge < -0.3 is 26.4 Å². The molecule has 9 nitrogen and oxygen atoms in total. The third kappa shape index (κ3) is 2.83. The normalized spacial score (nSPS) is 11.3. The van der Waals surface area contributed by atoms with Gasteiger partial charge in [0.25, 0.3) is 0 Å². The van der Waals surface area contributed by atoms with Crippen LogP contribution in [0.3, 0.4) is 0 Å². The summed E-state index contributed by atoms with van der Waals surface area (Å²) in [6.45, 7) is -1.63. The molecule has 0 aliphatic rings. The Labute approximate surface area is 102 Å². The van der Waals surface area contributed by atoms with E-state index in [9.17, 15) is 10.1 Å². The lowest BCUT2D eigenvalue weighted by Crippen LogP contribution is -2.49. The van der Waals surface area contributed by atoms with Crippen LogP contribution in [0.5, 0.6) is 0 Å². The third-order valence-corrected chi connectivity index (χ3v) is 2.40. The average molecular weight is 258 g/mol. The summed E-state index contributed by atoms with van der Waals surface area (Å²) in [5.74, 6) is -0.192. The molecule has 1 aromatic heterocycles. The topological polar surface area (TPSA) is 155 Å². The monoisotopic (exact) mass is 258 g/mol. The lowest BCUT2D eigenvalue weighted by Gasteiger charge is -2.29. The molecule has 0 aliphatic carbocycles. The van der Waals surface area contributed by atoms with Gasteiger partial charge in [-0.1, -0.05) is 0 Å². The summed E-state index contributed by atoms with van der Waals surface area (Å²) in [7, 11) is 0. The van der Waals surface area contributed by atoms with Gasteiger partial charge in [-0.15, -0.1) is 0 Å². The van der Waals surface area contributed by atoms with Crippen LogP contribution in [0, 0.1) is 10.1 Å². The van der Waals surface area contributed by atoms with Crippen LogP contribution < -0.4 is 11.1 Å². The van der Waals surface area contributed by atoms with Gasteiger partial charge in [0.15, 0.2) is 0 Å². The Morgan fingerprint density at radius 3 is 2.28 bits per heavy atom. The fraction of sp³-hybridized carbons (Fsp3) is 0.444. The van der Waals surface area contributed by atoms with Gasteiger partial charge in [-0.05, 0) is 6.07 Å². The number of nitrogens with zero attached hydrogens (tertiary/aromatic N) is 2. The first-order chi connectivity index (χ1) is 8.48. The van der Waals surface area contributed by atoms with Crippen LogP contribution in [-0.4, -0.2) is 50.6 Å². The van der Waals surface area contributed by atoms with Crippen molar-refractivity contribution in [2.45, 2.75) is 5.54 Å². The Balaban J connectivity index is 2.98. The van der Waals surface area contributed by atoms with Crippen molar-refractivity contribution in [3.63, 3.8) is 0 Å². The number of nitrogen functional groups attached to an aromatic ring is 1. The molecule has 0 atom stereocenters. The molecule has 1 heterocycles. The predicted octanol–water partition coefficient (Wildman–Crippen LogP) is -1.30. The Morgan fingerprint density at radius 2 is 1.89 bits per heavy atom. The number of aliphatic hydroxyl groups excluding tert-OH is 3. The molecule has 0 saturated carbocycles. The van der Waals surface area contributed by atoms with E-state index in [0.29, 0.717) is 0 Å². The van der Waals surface area contributed by atoms with Gasteiger partial charge in [-0.3, -0.25) is 10.1 Å². The molecule has 1 rings (SSSR count). The molecule has 9 heteroatoms. The maximum Gasteiger partial charge on any atom is 0.311 e. The molecule has 100 valence electrons. The number of anilines is 2. The van der Waals surface area contributed by atoms with Crippen molar-refractivity contribution in [3.05, 3.63) is 22.2 Å². The van der Waals surface area contributed by atoms with Crippen molar-refractivity contribution in [3.8, 4) is 0 Å². The standard InChI is InChI=1S/C9H14N4O5/c10-8-6(13(17)18)1-2-7(11-8)12-9(3-14,4-15)5-16/h1-2,14-16H,3-5H2,(H3,10,11,12). The molecule has 6 N–H and O–H groups in total. The van der Waals surface area contributed by atoms with E-state index in [1.54, 1.807) is 0 Å². The summed E-state index contributed by atoms with van der Waals surface area (Å²) in [4.78, 5) is 13.6. The van der Waals surface area contributed by atoms with Gasteiger partial charge in [0, 0.05) is 6.07 Å². The molecule has 0 amide bonds. The Kier molecular flexibility index (Phi) is 4.37. The maximum atomic E-state index is 10.5. The van der Waals surface area contributed by atoms with E-state index in [-0.39, 0.29) is 17.3 Å². The van der Waals surface area contributed by atoms with Crippen LogP contribution in [0.25, 0.3) is 0 Å². The van der Waals surface area contributed by atoms with E-state index in [4.69, 9.17) is 21.1 Å². The first-order valence-corrected chi connectivity index (χ1v) is 4.99. The van der Waals surface area contributed by atoms with Gasteiger partial charge in [0.05, 0.1) is 24.7 Å². The van der Waals surface area contributed by atoms with Crippen LogP contribution in [0.15, 0.2) is 12.1 Å². The van der Waals surface area contributed by atoms with Gasteiger partial charge in [0.1, 0.15) is 11.4 Å². The molecule has 0 radical (unpaired) electrons. The highest BCUT2D eigenvalue weighted by atomic mass is 16.6. The highest BCUT2D eigenvalue weighted by Crippen LogP contribution is 2.22. The van der Waals surface area contributed by atoms with Crippen molar-refractivity contribution < 1.29 is 20.2 Å². The van der Waals surface area contributed by atoms with Crippen LogP contribution in [0.2, 0.25) is 0 Å². The SMILES string of the molecule is Nc1nc(NC(CO)(CO)CO)ccc1[N+](=O)[O-]. The largest absolute Gasteiger partial charge is 0.394 e. The molecular weight excluding hydrogens is 244 g/mol. The van der Waals surface area contributed by atoms with Crippen molar-refractivity contribution >= 4 is 17.3 Å². The second-order valence-electron chi connectivity index (χ2n) is 3.74. The molecule has 18 heavy (non-hydrogen) atoms. The van der Waals surface area contributed by atoms with Gasteiger partial charge >= 0.3 is 5.69 Å². The second kappa shape index (κ2) is 5.58. The minimum absolute atomic E-state index is 0.107. The number of nitro groups is 1. The fourth-order valence-corrected chi connectivity index (χ4v) is 1.23. The quantitative estimate of drug-likeness (QED) is 0.311. The van der Waals surface area contributed by atoms with E-state index < -0.39 is 30.3 Å². The first-order valence-electron chi connectivity index (χ1n) is 4.99. The van der Waals surface area contributed by atoms with E-state index in [2.05, 4.69) is 10.3 Å². The van der Waals surface area contributed by atoms with Gasteiger partial charge in [-0.25, -0.2) is 4.98 Å². The summed E-state index contributed by atoms with van der Waals surface area (Å²) in [6.07, 6.45) is 0. The minimum atomic E-state index is -1.37. The van der Waals surface area contributed by atoms with Crippen molar-refractivity contribution in [2.24, 2.45) is 0 Å². The summed E-state index contributed by atoms with van der Waals surface area (Å²) in [6, 6.07) is 2.41. The summed E-state index contributed by atoms with van der Waals surface area (Å²) >= 11 is 0. The molecule has 0 spiro atoms. The van der Waals surface area contributed by atoms with Crippen molar-refractivity contribution in [1.29, 1.82) is 0 Å². The smallest absolute Gasteiger partial charge is 0.311 e. The highest BCUT2D eigenvalue weighted by molar-refractivity contribution is 5.57. The van der Waals surface area contributed by atoms with E-state index in [0.717, 1.165) is 6.07 Å². The molecule has 0 bridgehead atoms. The average Bonchev–Trinajstić information content (AvgIpc) is 2.36. The number of nitrogens with one attached hydrogen (secondary N) is 1. The van der Waals surface area contributed by atoms with E-state index in [1.807, 2.05) is 0 Å². The number of hydrogen-bond acceptors (Lipinski definition) is 8. The fourth-order valence-electron chi connectivity index (χ4n) is 1.23. The Bertz CT molecular complexity index is 427. The zero-order valence-corrected chi connectivity index (χ0v) is 9.41. The van der Waals surface area contributed by atoms with Gasteiger partial charge in [0.2, 0.25) is 5.82 Å². The Hall–Kier alpha value is -1.97. The number of pyridine rings is 1. The van der Waals surface area contributed by atoms with Crippen LogP contribution >= 0.6 is 0 Å². The number of aromatic nitrogens is 1. The molecule has 0 unspecified atom stereocenters. The zero-order valence-electron chi connectivity index (χ0n) is 9.41. The third-order valence-electron chi connectivity index (χ3n) is 2.40. The van der Waals surface area contributed by atoms with Crippen molar-refractivity contribution in [2.75, 3.05) is 30.9 Å². The van der Waals surface area contributed by atoms with Gasteiger partial charge in [-0.2, -0.15) is 0 Å². The first kappa shape index (κ1) is 14.1. The number of aliphatic hydroxyl groups is 3. The molecule has 0 aromatic carbocycles. The summed E-state index contributed by atoms with van der Waals surface area (Å²) in [5, 5.41) is 40.4. The maximum absolute atomic E-state index is 10.5. The number of hydrogen-bond donors (Lipinski definition) is 5. The summed E-state index contributed by atoms with van der Waals surface area (Å²) in [5.41, 5.74) is 3.68. The molecule has 0 saturated heterocycles. The lowest BCUT2D eigenvalue weighted by molar-refractivity contribution is -0.384. The van der Waals surface area contributed by atoms with Crippen LogP contribution in [0.4, 0.5) is 17.3 Å². The molecule has 0 fully saturated rings. The van der Waals surface area contributed by atoms with E-state index >= 15 is 0 Å². The minimum Gasteiger partial charge on any atom is -0.394 e. The lowest BCUT2D eigenvalue weighted by atomic mass is 10.0.